The first-order valence-corrected chi connectivity index (χ1v) is 7.73. The molecule has 112 valence electrons. The van der Waals surface area contributed by atoms with Gasteiger partial charge in [-0.05, 0) is 55.9 Å². The van der Waals surface area contributed by atoms with Gasteiger partial charge in [-0.3, -0.25) is 11.3 Å². The third-order valence-electron chi connectivity index (χ3n) is 3.81. The number of nitrogens with one attached hydrogen (secondary N) is 1. The van der Waals surface area contributed by atoms with Gasteiger partial charge >= 0.3 is 0 Å². The van der Waals surface area contributed by atoms with Crippen molar-refractivity contribution in [2.24, 2.45) is 5.84 Å². The molecule has 0 saturated heterocycles. The molecule has 2 aromatic rings. The Morgan fingerprint density at radius 2 is 1.71 bits per heavy atom. The number of hydrazine groups is 1. The second-order valence-corrected chi connectivity index (χ2v) is 6.09. The van der Waals surface area contributed by atoms with E-state index in [1.165, 1.54) is 16.7 Å². The Balaban J connectivity index is 1.95. The molecule has 2 aromatic carbocycles. The van der Waals surface area contributed by atoms with Crippen molar-refractivity contribution in [3.05, 3.63) is 69.7 Å². The molecule has 0 fully saturated rings. The molecule has 0 amide bonds. The molecule has 0 aliphatic heterocycles. The van der Waals surface area contributed by atoms with E-state index in [1.54, 1.807) is 0 Å². The molecule has 0 saturated carbocycles. The van der Waals surface area contributed by atoms with Crippen LogP contribution in [0, 0.1) is 13.8 Å². The number of benzene rings is 2. The van der Waals surface area contributed by atoms with Gasteiger partial charge in [-0.25, -0.2) is 0 Å². The second-order valence-electron chi connectivity index (χ2n) is 5.69. The Bertz CT molecular complexity index is 578. The monoisotopic (exact) mass is 302 g/mol. The largest absolute Gasteiger partial charge is 0.271 e. The van der Waals surface area contributed by atoms with Crippen LogP contribution < -0.4 is 11.3 Å². The number of hydrogen-bond donors (Lipinski definition) is 2. The van der Waals surface area contributed by atoms with Gasteiger partial charge in [0.25, 0.3) is 0 Å². The Morgan fingerprint density at radius 3 is 2.33 bits per heavy atom. The molecule has 0 heterocycles. The minimum absolute atomic E-state index is 0.228. The topological polar surface area (TPSA) is 38.0 Å². The molecular formula is C18H23ClN2. The van der Waals surface area contributed by atoms with Crippen LogP contribution in [0.1, 0.15) is 28.7 Å². The van der Waals surface area contributed by atoms with Crippen LogP contribution in [0.25, 0.3) is 0 Å². The van der Waals surface area contributed by atoms with Crippen LogP contribution in [0.5, 0.6) is 0 Å². The van der Waals surface area contributed by atoms with Gasteiger partial charge in [-0.2, -0.15) is 0 Å². The summed E-state index contributed by atoms with van der Waals surface area (Å²) in [6.07, 6.45) is 2.85. The van der Waals surface area contributed by atoms with Gasteiger partial charge in [0, 0.05) is 11.1 Å². The van der Waals surface area contributed by atoms with Gasteiger partial charge in [0.05, 0.1) is 0 Å². The van der Waals surface area contributed by atoms with Crippen molar-refractivity contribution in [3.8, 4) is 0 Å². The normalized spacial score (nSPS) is 12.4. The predicted molar refractivity (Wildman–Crippen MR) is 90.5 cm³/mol. The van der Waals surface area contributed by atoms with Gasteiger partial charge in [-0.15, -0.1) is 0 Å². The van der Waals surface area contributed by atoms with Crippen LogP contribution in [0.4, 0.5) is 0 Å². The second kappa shape index (κ2) is 7.60. The molecule has 2 nitrogen and oxygen atoms in total. The summed E-state index contributed by atoms with van der Waals surface area (Å²) in [4.78, 5) is 0. The van der Waals surface area contributed by atoms with Crippen LogP contribution in [0.3, 0.4) is 0 Å². The van der Waals surface area contributed by atoms with E-state index in [4.69, 9.17) is 17.4 Å². The minimum atomic E-state index is 0.228. The standard InChI is InChI=1S/C18H23ClN2/c1-13-3-6-15(7-4-13)8-10-17(21-20)12-16-9-5-14(2)11-18(16)19/h3-7,9,11,17,21H,8,10,12,20H2,1-2H3. The first-order chi connectivity index (χ1) is 10.1. The van der Waals surface area contributed by atoms with Crippen molar-refractivity contribution in [1.82, 2.24) is 5.43 Å². The highest BCUT2D eigenvalue weighted by atomic mass is 35.5. The van der Waals surface area contributed by atoms with Crippen molar-refractivity contribution in [2.75, 3.05) is 0 Å². The molecule has 0 bridgehead atoms. The lowest BCUT2D eigenvalue weighted by atomic mass is 9.98. The molecule has 0 aliphatic rings. The highest BCUT2D eigenvalue weighted by molar-refractivity contribution is 6.31. The lowest BCUT2D eigenvalue weighted by Gasteiger charge is -2.17. The summed E-state index contributed by atoms with van der Waals surface area (Å²) in [6.45, 7) is 4.15. The highest BCUT2D eigenvalue weighted by Crippen LogP contribution is 2.20. The van der Waals surface area contributed by atoms with Gasteiger partial charge in [0.15, 0.2) is 0 Å². The molecule has 2 rings (SSSR count). The lowest BCUT2D eigenvalue weighted by Crippen LogP contribution is -2.37. The predicted octanol–water partition coefficient (Wildman–Crippen LogP) is 3.96. The van der Waals surface area contributed by atoms with Gasteiger partial charge in [-0.1, -0.05) is 53.6 Å². The molecule has 0 aromatic heterocycles. The van der Waals surface area contributed by atoms with E-state index in [0.717, 1.165) is 29.8 Å². The fraction of sp³-hybridized carbons (Fsp3) is 0.333. The molecule has 0 aliphatic carbocycles. The summed E-state index contributed by atoms with van der Waals surface area (Å²) in [5.41, 5.74) is 7.88. The van der Waals surface area contributed by atoms with Crippen molar-refractivity contribution in [3.63, 3.8) is 0 Å². The van der Waals surface area contributed by atoms with Crippen LogP contribution >= 0.6 is 11.6 Å². The molecule has 0 radical (unpaired) electrons. The molecular weight excluding hydrogens is 280 g/mol. The molecule has 3 heteroatoms. The van der Waals surface area contributed by atoms with Crippen molar-refractivity contribution >= 4 is 11.6 Å². The lowest BCUT2D eigenvalue weighted by molar-refractivity contribution is 0.491. The van der Waals surface area contributed by atoms with Crippen LogP contribution in [-0.4, -0.2) is 6.04 Å². The van der Waals surface area contributed by atoms with Gasteiger partial charge in [0.1, 0.15) is 0 Å². The first-order valence-electron chi connectivity index (χ1n) is 7.35. The zero-order valence-corrected chi connectivity index (χ0v) is 13.5. The summed E-state index contributed by atoms with van der Waals surface area (Å²) in [5.74, 6) is 5.70. The summed E-state index contributed by atoms with van der Waals surface area (Å²) >= 11 is 6.30. The Labute approximate surface area is 132 Å². The molecule has 1 unspecified atom stereocenters. The third-order valence-corrected chi connectivity index (χ3v) is 4.16. The van der Waals surface area contributed by atoms with E-state index in [0.29, 0.717) is 0 Å². The zero-order valence-electron chi connectivity index (χ0n) is 12.7. The Kier molecular flexibility index (Phi) is 5.80. The Hall–Kier alpha value is -1.35. The van der Waals surface area contributed by atoms with Crippen molar-refractivity contribution in [1.29, 1.82) is 0 Å². The number of halogens is 1. The Morgan fingerprint density at radius 1 is 1.05 bits per heavy atom. The first kappa shape index (κ1) is 16.0. The summed E-state index contributed by atoms with van der Waals surface area (Å²) in [5, 5.41) is 0.825. The third kappa shape index (κ3) is 4.85. The SMILES string of the molecule is Cc1ccc(CCC(Cc2ccc(C)cc2Cl)NN)cc1. The molecule has 1 atom stereocenters. The summed E-state index contributed by atoms with van der Waals surface area (Å²) in [6, 6.07) is 15.1. The number of rotatable bonds is 6. The van der Waals surface area contributed by atoms with Gasteiger partial charge < -0.3 is 0 Å². The number of hydrogen-bond acceptors (Lipinski definition) is 2. The average molecular weight is 303 g/mol. The van der Waals surface area contributed by atoms with E-state index < -0.39 is 0 Å². The minimum Gasteiger partial charge on any atom is -0.271 e. The summed E-state index contributed by atoms with van der Waals surface area (Å²) in [7, 11) is 0. The van der Waals surface area contributed by atoms with Crippen LogP contribution in [0.2, 0.25) is 5.02 Å². The van der Waals surface area contributed by atoms with Crippen LogP contribution in [-0.2, 0) is 12.8 Å². The van der Waals surface area contributed by atoms with E-state index in [1.807, 2.05) is 13.0 Å². The van der Waals surface area contributed by atoms with Crippen LogP contribution in [0.15, 0.2) is 42.5 Å². The van der Waals surface area contributed by atoms with E-state index in [9.17, 15) is 0 Å². The zero-order chi connectivity index (χ0) is 15.2. The maximum atomic E-state index is 6.30. The van der Waals surface area contributed by atoms with Crippen molar-refractivity contribution < 1.29 is 0 Å². The molecule has 0 spiro atoms. The fourth-order valence-corrected chi connectivity index (χ4v) is 2.74. The highest BCUT2D eigenvalue weighted by Gasteiger charge is 2.10. The number of aryl methyl sites for hydroxylation is 3. The number of nitrogens with two attached hydrogens (primary N) is 1. The van der Waals surface area contributed by atoms with E-state index in [-0.39, 0.29) is 6.04 Å². The molecule has 3 N–H and O–H groups in total. The van der Waals surface area contributed by atoms with E-state index in [2.05, 4.69) is 48.7 Å². The fourth-order valence-electron chi connectivity index (χ4n) is 2.42. The maximum absolute atomic E-state index is 6.30. The van der Waals surface area contributed by atoms with Crippen molar-refractivity contribution in [2.45, 2.75) is 39.2 Å². The van der Waals surface area contributed by atoms with Gasteiger partial charge in [0.2, 0.25) is 0 Å². The van der Waals surface area contributed by atoms with E-state index >= 15 is 0 Å². The summed E-state index contributed by atoms with van der Waals surface area (Å²) < 4.78 is 0. The molecule has 21 heavy (non-hydrogen) atoms. The average Bonchev–Trinajstić information content (AvgIpc) is 2.47. The maximum Gasteiger partial charge on any atom is 0.0441 e. The quantitative estimate of drug-likeness (QED) is 0.626. The smallest absolute Gasteiger partial charge is 0.0441 e.